The van der Waals surface area contributed by atoms with Gasteiger partial charge in [0.2, 0.25) is 0 Å². The number of carbonyl (C=O) groups is 2. The van der Waals surface area contributed by atoms with Crippen molar-refractivity contribution in [1.29, 1.82) is 0 Å². The standard InChI is InChI=1S/C20H19F3N4O4/c1-27-17(19(29)24-9-15-6-3-7-31-15)16(10-25-27)26-18(28)14-5-2-4-13(8-14)11-30-12-20(21,22)23/h2-8,10H,9,11-12H2,1H3,(H,24,29)(H,26,28). The molecule has 2 aromatic heterocycles. The van der Waals surface area contributed by atoms with Crippen LogP contribution in [0.5, 0.6) is 0 Å². The van der Waals surface area contributed by atoms with Gasteiger partial charge in [0.05, 0.1) is 31.3 Å². The minimum atomic E-state index is -4.43. The molecule has 164 valence electrons. The molecule has 3 rings (SSSR count). The summed E-state index contributed by atoms with van der Waals surface area (Å²) in [5, 5.41) is 9.28. The SMILES string of the molecule is Cn1ncc(NC(=O)c2cccc(COCC(F)(F)F)c2)c1C(=O)NCc1ccco1. The number of anilines is 1. The van der Waals surface area contributed by atoms with Crippen molar-refractivity contribution < 1.29 is 31.9 Å². The molecule has 0 radical (unpaired) electrons. The molecule has 2 N–H and O–H groups in total. The number of aryl methyl sites for hydroxylation is 1. The number of nitrogens with zero attached hydrogens (tertiary/aromatic N) is 2. The summed E-state index contributed by atoms with van der Waals surface area (Å²) in [6.07, 6.45) is -1.61. The molecule has 0 unspecified atom stereocenters. The van der Waals surface area contributed by atoms with Crippen molar-refractivity contribution in [2.75, 3.05) is 11.9 Å². The predicted molar refractivity (Wildman–Crippen MR) is 103 cm³/mol. The quantitative estimate of drug-likeness (QED) is 0.565. The Hall–Kier alpha value is -3.60. The average Bonchev–Trinajstić information content (AvgIpc) is 3.35. The van der Waals surface area contributed by atoms with E-state index in [0.29, 0.717) is 11.3 Å². The largest absolute Gasteiger partial charge is 0.467 e. The lowest BCUT2D eigenvalue weighted by molar-refractivity contribution is -0.176. The number of hydrogen-bond donors (Lipinski definition) is 2. The summed E-state index contributed by atoms with van der Waals surface area (Å²) in [6.45, 7) is -1.52. The number of nitrogens with one attached hydrogen (secondary N) is 2. The van der Waals surface area contributed by atoms with Gasteiger partial charge in [0.1, 0.15) is 18.1 Å². The fourth-order valence-electron chi connectivity index (χ4n) is 2.74. The lowest BCUT2D eigenvalue weighted by atomic mass is 10.1. The van der Waals surface area contributed by atoms with Crippen molar-refractivity contribution in [2.45, 2.75) is 19.3 Å². The molecule has 31 heavy (non-hydrogen) atoms. The zero-order valence-electron chi connectivity index (χ0n) is 16.4. The highest BCUT2D eigenvalue weighted by molar-refractivity contribution is 6.08. The monoisotopic (exact) mass is 436 g/mol. The Morgan fingerprint density at radius 1 is 1.19 bits per heavy atom. The number of hydrogen-bond acceptors (Lipinski definition) is 5. The Bertz CT molecular complexity index is 1050. The summed E-state index contributed by atoms with van der Waals surface area (Å²) in [7, 11) is 1.55. The highest BCUT2D eigenvalue weighted by atomic mass is 19.4. The molecule has 0 fully saturated rings. The van der Waals surface area contributed by atoms with Crippen LogP contribution in [0.3, 0.4) is 0 Å². The maximum atomic E-state index is 12.6. The number of rotatable bonds is 8. The maximum Gasteiger partial charge on any atom is 0.411 e. The van der Waals surface area contributed by atoms with Gasteiger partial charge in [-0.2, -0.15) is 18.3 Å². The lowest BCUT2D eigenvalue weighted by Crippen LogP contribution is -2.26. The minimum Gasteiger partial charge on any atom is -0.467 e. The van der Waals surface area contributed by atoms with Gasteiger partial charge in [-0.3, -0.25) is 14.3 Å². The van der Waals surface area contributed by atoms with E-state index in [9.17, 15) is 22.8 Å². The highest BCUT2D eigenvalue weighted by Gasteiger charge is 2.27. The number of halogens is 3. The van der Waals surface area contributed by atoms with Crippen LogP contribution in [-0.4, -0.2) is 34.4 Å². The summed E-state index contributed by atoms with van der Waals surface area (Å²) in [5.41, 5.74) is 0.908. The molecule has 0 saturated carbocycles. The van der Waals surface area contributed by atoms with E-state index in [0.717, 1.165) is 0 Å². The zero-order valence-corrected chi connectivity index (χ0v) is 16.4. The Labute approximate surface area is 175 Å². The van der Waals surface area contributed by atoms with Crippen LogP contribution in [-0.2, 0) is 24.9 Å². The fourth-order valence-corrected chi connectivity index (χ4v) is 2.74. The summed E-state index contributed by atoms with van der Waals surface area (Å²) in [5.74, 6) is -0.461. The number of amides is 2. The van der Waals surface area contributed by atoms with E-state index in [1.807, 2.05) is 0 Å². The molecule has 0 saturated heterocycles. The zero-order chi connectivity index (χ0) is 22.4. The third kappa shape index (κ3) is 6.19. The van der Waals surface area contributed by atoms with Crippen LogP contribution in [0.15, 0.2) is 53.3 Å². The smallest absolute Gasteiger partial charge is 0.411 e. The van der Waals surface area contributed by atoms with E-state index in [1.54, 1.807) is 25.2 Å². The van der Waals surface area contributed by atoms with E-state index < -0.39 is 24.6 Å². The van der Waals surface area contributed by atoms with E-state index in [4.69, 9.17) is 4.42 Å². The van der Waals surface area contributed by atoms with Crippen LogP contribution in [0, 0.1) is 0 Å². The van der Waals surface area contributed by atoms with Crippen molar-refractivity contribution in [1.82, 2.24) is 15.1 Å². The topological polar surface area (TPSA) is 98.4 Å². The van der Waals surface area contributed by atoms with Gasteiger partial charge in [-0.15, -0.1) is 0 Å². The van der Waals surface area contributed by atoms with Gasteiger partial charge in [0.15, 0.2) is 0 Å². The molecule has 0 aliphatic heterocycles. The second kappa shape index (κ2) is 9.47. The Balaban J connectivity index is 1.65. The van der Waals surface area contributed by atoms with Crippen LogP contribution in [0.2, 0.25) is 0 Å². The summed E-state index contributed by atoms with van der Waals surface area (Å²) < 4.78 is 47.7. The molecule has 0 aliphatic rings. The third-order valence-electron chi connectivity index (χ3n) is 4.13. The first-order valence-corrected chi connectivity index (χ1v) is 9.10. The fraction of sp³-hybridized carbons (Fsp3) is 0.250. The third-order valence-corrected chi connectivity index (χ3v) is 4.13. The number of benzene rings is 1. The van der Waals surface area contributed by atoms with Gasteiger partial charge in [0, 0.05) is 12.6 Å². The number of ether oxygens (including phenoxy) is 1. The molecular formula is C20H19F3N4O4. The van der Waals surface area contributed by atoms with Gasteiger partial charge in [-0.05, 0) is 29.8 Å². The van der Waals surface area contributed by atoms with Crippen LogP contribution in [0.25, 0.3) is 0 Å². The molecule has 1 aromatic carbocycles. The lowest BCUT2D eigenvalue weighted by Gasteiger charge is -2.10. The van der Waals surface area contributed by atoms with E-state index in [1.165, 1.54) is 35.3 Å². The molecule has 11 heteroatoms. The molecule has 0 aliphatic carbocycles. The molecule has 0 spiro atoms. The first kappa shape index (κ1) is 22.1. The van der Waals surface area contributed by atoms with E-state index in [2.05, 4.69) is 20.5 Å². The molecule has 2 heterocycles. The summed E-state index contributed by atoms with van der Waals surface area (Å²) in [6, 6.07) is 9.39. The second-order valence-electron chi connectivity index (χ2n) is 6.55. The van der Waals surface area contributed by atoms with Gasteiger partial charge in [-0.25, -0.2) is 0 Å². The first-order valence-electron chi connectivity index (χ1n) is 9.10. The molecule has 8 nitrogen and oxygen atoms in total. The summed E-state index contributed by atoms with van der Waals surface area (Å²) in [4.78, 5) is 25.2. The molecule has 3 aromatic rings. The highest BCUT2D eigenvalue weighted by Crippen LogP contribution is 2.18. The Morgan fingerprint density at radius 2 is 2.00 bits per heavy atom. The normalized spacial score (nSPS) is 11.4. The van der Waals surface area contributed by atoms with Crippen LogP contribution in [0.1, 0.15) is 32.2 Å². The number of aromatic nitrogens is 2. The van der Waals surface area contributed by atoms with Crippen LogP contribution >= 0.6 is 0 Å². The van der Waals surface area contributed by atoms with Crippen molar-refractivity contribution in [3.8, 4) is 0 Å². The average molecular weight is 436 g/mol. The Kier molecular flexibility index (Phi) is 6.75. The first-order chi connectivity index (χ1) is 14.7. The Morgan fingerprint density at radius 3 is 2.71 bits per heavy atom. The van der Waals surface area contributed by atoms with Crippen molar-refractivity contribution in [3.05, 3.63) is 71.4 Å². The predicted octanol–water partition coefficient (Wildman–Crippen LogP) is 3.27. The number of carbonyl (C=O) groups excluding carboxylic acids is 2. The van der Waals surface area contributed by atoms with E-state index >= 15 is 0 Å². The van der Waals surface area contributed by atoms with Crippen molar-refractivity contribution in [2.24, 2.45) is 7.05 Å². The van der Waals surface area contributed by atoms with E-state index in [-0.39, 0.29) is 30.1 Å². The minimum absolute atomic E-state index is 0.129. The van der Waals surface area contributed by atoms with Crippen LogP contribution < -0.4 is 10.6 Å². The van der Waals surface area contributed by atoms with Crippen molar-refractivity contribution >= 4 is 17.5 Å². The van der Waals surface area contributed by atoms with Gasteiger partial charge in [-0.1, -0.05) is 12.1 Å². The molecule has 0 atom stereocenters. The number of alkyl halides is 3. The van der Waals surface area contributed by atoms with Gasteiger partial charge >= 0.3 is 6.18 Å². The molecule has 0 bridgehead atoms. The number of furan rings is 1. The van der Waals surface area contributed by atoms with Gasteiger partial charge < -0.3 is 19.8 Å². The maximum absolute atomic E-state index is 12.6. The van der Waals surface area contributed by atoms with Gasteiger partial charge in [0.25, 0.3) is 11.8 Å². The van der Waals surface area contributed by atoms with Crippen molar-refractivity contribution in [3.63, 3.8) is 0 Å². The van der Waals surface area contributed by atoms with Crippen LogP contribution in [0.4, 0.5) is 18.9 Å². The molecular weight excluding hydrogens is 417 g/mol. The second-order valence-corrected chi connectivity index (χ2v) is 6.55. The molecule has 2 amide bonds. The summed E-state index contributed by atoms with van der Waals surface area (Å²) >= 11 is 0.